The van der Waals surface area contributed by atoms with Gasteiger partial charge in [-0.3, -0.25) is 10.1 Å². The standard InChI is InChI=1S/C6H11NO2S/c1-6(2)7-4(3-10-6)5(8)9/h4,7H,3H2,1-2H3,(H,8,9). The van der Waals surface area contributed by atoms with Crippen molar-refractivity contribution in [3.8, 4) is 0 Å². The van der Waals surface area contributed by atoms with Gasteiger partial charge in [0.25, 0.3) is 0 Å². The molecule has 0 bridgehead atoms. The minimum absolute atomic E-state index is 0.0664. The monoisotopic (exact) mass is 161 g/mol. The molecule has 0 radical (unpaired) electrons. The Labute approximate surface area is 64.2 Å². The van der Waals surface area contributed by atoms with Crippen molar-refractivity contribution < 1.29 is 9.90 Å². The van der Waals surface area contributed by atoms with Crippen molar-refractivity contribution in [1.82, 2.24) is 5.32 Å². The molecule has 0 aliphatic carbocycles. The number of carbonyl (C=O) groups is 1. The van der Waals surface area contributed by atoms with Gasteiger partial charge in [0, 0.05) is 5.75 Å². The summed E-state index contributed by atoms with van der Waals surface area (Å²) < 4.78 is 0. The molecule has 0 saturated carbocycles. The maximum absolute atomic E-state index is 10.4. The van der Waals surface area contributed by atoms with Gasteiger partial charge in [-0.25, -0.2) is 0 Å². The molecule has 1 rings (SSSR count). The molecule has 1 unspecified atom stereocenters. The molecule has 0 aromatic rings. The highest BCUT2D eigenvalue weighted by Crippen LogP contribution is 2.28. The number of aliphatic carboxylic acids is 1. The van der Waals surface area contributed by atoms with Gasteiger partial charge in [-0.15, -0.1) is 11.8 Å². The molecular weight excluding hydrogens is 150 g/mol. The maximum Gasteiger partial charge on any atom is 0.321 e. The molecule has 0 spiro atoms. The van der Waals surface area contributed by atoms with Crippen LogP contribution in [-0.2, 0) is 4.79 Å². The highest BCUT2D eigenvalue weighted by atomic mass is 32.2. The molecule has 0 amide bonds. The van der Waals surface area contributed by atoms with Gasteiger partial charge < -0.3 is 5.11 Å². The molecule has 10 heavy (non-hydrogen) atoms. The molecule has 1 aliphatic heterocycles. The SMILES string of the molecule is CC1(C)NC(C(=O)O)CS1. The molecular formula is C6H11NO2S. The Bertz CT molecular complexity index is 158. The molecule has 1 saturated heterocycles. The minimum atomic E-state index is -0.752. The average Bonchev–Trinajstić information content (AvgIpc) is 2.10. The third-order valence-electron chi connectivity index (χ3n) is 1.43. The number of thioether (sulfide) groups is 1. The first-order chi connectivity index (χ1) is 4.51. The molecule has 1 heterocycles. The first kappa shape index (κ1) is 7.88. The summed E-state index contributed by atoms with van der Waals surface area (Å²) in [4.78, 5) is 10.3. The van der Waals surface area contributed by atoms with Crippen molar-refractivity contribution in [3.63, 3.8) is 0 Å². The predicted octanol–water partition coefficient (Wildman–Crippen LogP) is 0.512. The summed E-state index contributed by atoms with van der Waals surface area (Å²) in [7, 11) is 0. The summed E-state index contributed by atoms with van der Waals surface area (Å²) in [5.41, 5.74) is 0. The summed E-state index contributed by atoms with van der Waals surface area (Å²) in [6.07, 6.45) is 0. The summed E-state index contributed by atoms with van der Waals surface area (Å²) in [5, 5.41) is 11.6. The van der Waals surface area contributed by atoms with Crippen LogP contribution in [0.25, 0.3) is 0 Å². The fraction of sp³-hybridized carbons (Fsp3) is 0.833. The first-order valence-corrected chi connectivity index (χ1v) is 4.14. The second kappa shape index (κ2) is 2.43. The van der Waals surface area contributed by atoms with Crippen LogP contribution in [0.15, 0.2) is 0 Å². The van der Waals surface area contributed by atoms with Gasteiger partial charge in [0.15, 0.2) is 0 Å². The van der Waals surface area contributed by atoms with E-state index in [0.29, 0.717) is 5.75 Å². The zero-order valence-corrected chi connectivity index (χ0v) is 6.86. The van der Waals surface area contributed by atoms with Gasteiger partial charge in [0.2, 0.25) is 0 Å². The largest absolute Gasteiger partial charge is 0.480 e. The lowest BCUT2D eigenvalue weighted by Gasteiger charge is -2.16. The van der Waals surface area contributed by atoms with Gasteiger partial charge in [0.05, 0.1) is 4.87 Å². The molecule has 0 aromatic heterocycles. The molecule has 3 nitrogen and oxygen atoms in total. The van der Waals surface area contributed by atoms with Crippen LogP contribution in [0.4, 0.5) is 0 Å². The fourth-order valence-electron chi connectivity index (χ4n) is 0.928. The van der Waals surface area contributed by atoms with E-state index in [2.05, 4.69) is 5.32 Å². The lowest BCUT2D eigenvalue weighted by atomic mass is 10.3. The molecule has 1 atom stereocenters. The topological polar surface area (TPSA) is 49.3 Å². The number of carboxylic acid groups (broad SMARTS) is 1. The van der Waals surface area contributed by atoms with Crippen molar-refractivity contribution in [1.29, 1.82) is 0 Å². The van der Waals surface area contributed by atoms with Crippen molar-refractivity contribution in [2.45, 2.75) is 24.8 Å². The zero-order valence-electron chi connectivity index (χ0n) is 6.05. The third-order valence-corrected chi connectivity index (χ3v) is 2.77. The van der Waals surface area contributed by atoms with Gasteiger partial charge >= 0.3 is 5.97 Å². The molecule has 0 aromatic carbocycles. The maximum atomic E-state index is 10.4. The third kappa shape index (κ3) is 1.64. The number of hydrogen-bond acceptors (Lipinski definition) is 3. The Morgan fingerprint density at radius 2 is 2.40 bits per heavy atom. The van der Waals surface area contributed by atoms with E-state index < -0.39 is 5.97 Å². The summed E-state index contributed by atoms with van der Waals surface area (Å²) in [6.45, 7) is 3.97. The molecule has 58 valence electrons. The second-order valence-corrected chi connectivity index (χ2v) is 4.50. The van der Waals surface area contributed by atoms with Gasteiger partial charge in [-0.1, -0.05) is 0 Å². The highest BCUT2D eigenvalue weighted by Gasteiger charge is 2.34. The van der Waals surface area contributed by atoms with Crippen LogP contribution < -0.4 is 5.32 Å². The molecule has 1 aliphatic rings. The molecule has 4 heteroatoms. The minimum Gasteiger partial charge on any atom is -0.480 e. The summed E-state index contributed by atoms with van der Waals surface area (Å²) in [6, 6.07) is -0.361. The quantitative estimate of drug-likeness (QED) is 0.588. The summed E-state index contributed by atoms with van der Waals surface area (Å²) >= 11 is 1.64. The van der Waals surface area contributed by atoms with Crippen molar-refractivity contribution in [2.24, 2.45) is 0 Å². The van der Waals surface area contributed by atoms with E-state index in [1.807, 2.05) is 13.8 Å². The fourth-order valence-corrected chi connectivity index (χ4v) is 1.96. The van der Waals surface area contributed by atoms with E-state index in [-0.39, 0.29) is 10.9 Å². The summed E-state index contributed by atoms with van der Waals surface area (Å²) in [5.74, 6) is -0.0828. The second-order valence-electron chi connectivity index (χ2n) is 2.86. The Kier molecular flexibility index (Phi) is 1.92. The van der Waals surface area contributed by atoms with E-state index in [9.17, 15) is 4.79 Å². The normalized spacial score (nSPS) is 30.4. The Morgan fingerprint density at radius 1 is 1.80 bits per heavy atom. The average molecular weight is 161 g/mol. The predicted molar refractivity (Wildman–Crippen MR) is 41.1 cm³/mol. The number of hydrogen-bond donors (Lipinski definition) is 2. The van der Waals surface area contributed by atoms with E-state index in [4.69, 9.17) is 5.11 Å². The van der Waals surface area contributed by atoms with Crippen LogP contribution in [0.1, 0.15) is 13.8 Å². The van der Waals surface area contributed by atoms with E-state index >= 15 is 0 Å². The van der Waals surface area contributed by atoms with Crippen LogP contribution in [0.5, 0.6) is 0 Å². The number of rotatable bonds is 1. The van der Waals surface area contributed by atoms with Crippen LogP contribution in [0.2, 0.25) is 0 Å². The smallest absolute Gasteiger partial charge is 0.321 e. The van der Waals surface area contributed by atoms with Crippen molar-refractivity contribution in [2.75, 3.05) is 5.75 Å². The van der Waals surface area contributed by atoms with Gasteiger partial charge in [-0.2, -0.15) is 0 Å². The molecule has 2 N–H and O–H groups in total. The Hall–Kier alpha value is -0.220. The van der Waals surface area contributed by atoms with Crippen LogP contribution >= 0.6 is 11.8 Å². The molecule has 1 fully saturated rings. The first-order valence-electron chi connectivity index (χ1n) is 3.16. The lowest BCUT2D eigenvalue weighted by molar-refractivity contribution is -0.138. The van der Waals surface area contributed by atoms with E-state index in [1.165, 1.54) is 0 Å². The Balaban J connectivity index is 2.51. The van der Waals surface area contributed by atoms with Crippen molar-refractivity contribution >= 4 is 17.7 Å². The lowest BCUT2D eigenvalue weighted by Crippen LogP contribution is -2.41. The van der Waals surface area contributed by atoms with Crippen molar-refractivity contribution in [3.05, 3.63) is 0 Å². The van der Waals surface area contributed by atoms with Gasteiger partial charge in [-0.05, 0) is 13.8 Å². The van der Waals surface area contributed by atoms with Crippen LogP contribution in [-0.4, -0.2) is 27.7 Å². The van der Waals surface area contributed by atoms with Crippen LogP contribution in [0.3, 0.4) is 0 Å². The highest BCUT2D eigenvalue weighted by molar-refractivity contribution is 8.00. The van der Waals surface area contributed by atoms with E-state index in [0.717, 1.165) is 0 Å². The van der Waals surface area contributed by atoms with Gasteiger partial charge in [0.1, 0.15) is 6.04 Å². The van der Waals surface area contributed by atoms with Crippen LogP contribution in [0, 0.1) is 0 Å². The number of carboxylic acids is 1. The zero-order chi connectivity index (χ0) is 7.78. The Morgan fingerprint density at radius 3 is 2.60 bits per heavy atom. The number of nitrogens with one attached hydrogen (secondary N) is 1. The van der Waals surface area contributed by atoms with E-state index in [1.54, 1.807) is 11.8 Å².